The molecule has 10 heteroatoms. The van der Waals surface area contributed by atoms with Gasteiger partial charge in [0.2, 0.25) is 0 Å². The van der Waals surface area contributed by atoms with Crippen molar-refractivity contribution in [3.05, 3.63) is 60.8 Å². The van der Waals surface area contributed by atoms with E-state index in [2.05, 4.69) is 74.6 Å². The molecule has 0 aromatic carbocycles. The van der Waals surface area contributed by atoms with E-state index in [1.807, 2.05) is 0 Å². The summed E-state index contributed by atoms with van der Waals surface area (Å²) >= 11 is 0. The topological polar surface area (TPSA) is 134 Å². The van der Waals surface area contributed by atoms with Gasteiger partial charge >= 0.3 is 19.8 Å². The Kier molecular flexibility index (Phi) is 68.9. The van der Waals surface area contributed by atoms with E-state index in [9.17, 15) is 19.0 Å². The van der Waals surface area contributed by atoms with Crippen molar-refractivity contribution in [1.29, 1.82) is 0 Å². The van der Waals surface area contributed by atoms with Crippen molar-refractivity contribution in [3.8, 4) is 0 Å². The van der Waals surface area contributed by atoms with Crippen molar-refractivity contribution in [3.63, 3.8) is 0 Å². The molecule has 0 heterocycles. The van der Waals surface area contributed by atoms with E-state index in [0.29, 0.717) is 6.42 Å². The number of allylic oxidation sites excluding steroid dienone is 10. The summed E-state index contributed by atoms with van der Waals surface area (Å²) in [5, 5.41) is 0. The van der Waals surface area contributed by atoms with Gasteiger partial charge in [-0.25, -0.2) is 4.57 Å². The van der Waals surface area contributed by atoms with Crippen molar-refractivity contribution >= 4 is 19.8 Å². The molecule has 0 amide bonds. The van der Waals surface area contributed by atoms with Crippen LogP contribution in [-0.4, -0.2) is 49.3 Å². The molecule has 2 unspecified atom stereocenters. The predicted octanol–water partition coefficient (Wildman–Crippen LogP) is 24.2. The van der Waals surface area contributed by atoms with Crippen molar-refractivity contribution in [2.45, 2.75) is 380 Å². The summed E-state index contributed by atoms with van der Waals surface area (Å²) in [6, 6.07) is 0. The van der Waals surface area contributed by atoms with Gasteiger partial charge in [-0.1, -0.05) is 344 Å². The summed E-state index contributed by atoms with van der Waals surface area (Å²) in [5.41, 5.74) is 5.40. The molecule has 0 rings (SSSR count). The lowest BCUT2D eigenvalue weighted by Gasteiger charge is -2.19. The van der Waals surface area contributed by atoms with E-state index < -0.39 is 26.5 Å². The van der Waals surface area contributed by atoms with E-state index in [0.717, 1.165) is 57.8 Å². The number of hydrogen-bond acceptors (Lipinski definition) is 8. The lowest BCUT2D eigenvalue weighted by Crippen LogP contribution is -2.29. The van der Waals surface area contributed by atoms with E-state index in [-0.39, 0.29) is 38.6 Å². The van der Waals surface area contributed by atoms with Crippen molar-refractivity contribution in [1.82, 2.24) is 0 Å². The van der Waals surface area contributed by atoms with Crippen LogP contribution >= 0.6 is 7.82 Å². The van der Waals surface area contributed by atoms with Crippen LogP contribution in [0.3, 0.4) is 0 Å². The Labute approximate surface area is 527 Å². The Bertz CT molecular complexity index is 1580. The van der Waals surface area contributed by atoms with Crippen LogP contribution in [0.1, 0.15) is 373 Å². The fourth-order valence-corrected chi connectivity index (χ4v) is 11.7. The molecule has 0 aromatic rings. The summed E-state index contributed by atoms with van der Waals surface area (Å²) in [6.45, 7) is 3.69. The lowest BCUT2D eigenvalue weighted by atomic mass is 10.0. The monoisotopic (exact) mass is 1210 g/mol. The van der Waals surface area contributed by atoms with Crippen LogP contribution in [-0.2, 0) is 32.7 Å². The Morgan fingerprint density at radius 2 is 0.647 bits per heavy atom. The average molecular weight is 1210 g/mol. The van der Waals surface area contributed by atoms with Gasteiger partial charge in [-0.15, -0.1) is 0 Å². The quantitative estimate of drug-likeness (QED) is 0.0264. The van der Waals surface area contributed by atoms with Gasteiger partial charge in [-0.3, -0.25) is 18.6 Å². The second kappa shape index (κ2) is 70.8. The Morgan fingerprint density at radius 3 is 0.976 bits per heavy atom. The average Bonchev–Trinajstić information content (AvgIpc) is 3.52. The van der Waals surface area contributed by atoms with Gasteiger partial charge in [0.05, 0.1) is 13.2 Å². The molecule has 0 fully saturated rings. The van der Waals surface area contributed by atoms with Crippen LogP contribution in [0.2, 0.25) is 0 Å². The van der Waals surface area contributed by atoms with E-state index in [4.69, 9.17) is 24.3 Å². The van der Waals surface area contributed by atoms with Gasteiger partial charge in [0, 0.05) is 19.4 Å². The minimum Gasteiger partial charge on any atom is -0.462 e. The van der Waals surface area contributed by atoms with Gasteiger partial charge in [0.15, 0.2) is 6.10 Å². The highest BCUT2D eigenvalue weighted by molar-refractivity contribution is 7.47. The second-order valence-electron chi connectivity index (χ2n) is 24.8. The molecule has 0 bridgehead atoms. The van der Waals surface area contributed by atoms with E-state index in [1.165, 1.54) is 283 Å². The number of carbonyl (C=O) groups is 2. The maximum absolute atomic E-state index is 12.8. The fourth-order valence-electron chi connectivity index (χ4n) is 11.0. The molecule has 85 heavy (non-hydrogen) atoms. The zero-order chi connectivity index (χ0) is 61.6. The van der Waals surface area contributed by atoms with E-state index >= 15 is 0 Å². The minimum atomic E-state index is -4.39. The SMILES string of the molecule is CC/C=C\C/C=C\C/C=C\C/C=C\CCCCCCCCCCCCCCCCCCCCCCCCCCCCCCC(=O)OC(COC(=O)CCCCCCCCCCCCC/C=C\CCCCCCCCCC)COP(=O)(O)OCCN. The molecule has 0 aliphatic heterocycles. The molecular weight excluding hydrogens is 1070 g/mol. The zero-order valence-corrected chi connectivity index (χ0v) is 57.0. The Hall–Kier alpha value is -2.29. The molecule has 0 aromatic heterocycles. The highest BCUT2D eigenvalue weighted by atomic mass is 31.2. The van der Waals surface area contributed by atoms with Crippen LogP contribution in [0.25, 0.3) is 0 Å². The first kappa shape index (κ1) is 82.7. The van der Waals surface area contributed by atoms with Crippen LogP contribution in [0, 0.1) is 0 Å². The lowest BCUT2D eigenvalue weighted by molar-refractivity contribution is -0.161. The Balaban J connectivity index is 3.75. The van der Waals surface area contributed by atoms with Gasteiger partial charge in [0.1, 0.15) is 6.61 Å². The van der Waals surface area contributed by atoms with Gasteiger partial charge < -0.3 is 20.1 Å². The molecule has 3 N–H and O–H groups in total. The molecule has 0 saturated heterocycles. The fraction of sp³-hybridized carbons (Fsp3) is 0.840. The molecular formula is C75H140NO8P. The van der Waals surface area contributed by atoms with E-state index in [1.54, 1.807) is 0 Å². The number of esters is 2. The number of nitrogens with two attached hydrogens (primary N) is 1. The molecule has 0 radical (unpaired) electrons. The Morgan fingerprint density at radius 1 is 0.365 bits per heavy atom. The molecule has 0 aliphatic carbocycles. The number of ether oxygens (including phenoxy) is 2. The molecule has 0 spiro atoms. The van der Waals surface area contributed by atoms with Crippen LogP contribution in [0.5, 0.6) is 0 Å². The molecule has 498 valence electrons. The summed E-state index contributed by atoms with van der Waals surface area (Å²) < 4.78 is 33.2. The van der Waals surface area contributed by atoms with Gasteiger partial charge in [-0.05, 0) is 77.0 Å². The maximum Gasteiger partial charge on any atom is 0.472 e. The highest BCUT2D eigenvalue weighted by Gasteiger charge is 2.26. The van der Waals surface area contributed by atoms with Crippen LogP contribution < -0.4 is 5.73 Å². The van der Waals surface area contributed by atoms with Crippen molar-refractivity contribution < 1.29 is 37.6 Å². The van der Waals surface area contributed by atoms with Crippen molar-refractivity contribution in [2.75, 3.05) is 26.4 Å². The van der Waals surface area contributed by atoms with Gasteiger partial charge in [-0.2, -0.15) is 0 Å². The normalized spacial score (nSPS) is 13.2. The van der Waals surface area contributed by atoms with Crippen LogP contribution in [0.4, 0.5) is 0 Å². The molecule has 0 aliphatic rings. The number of carbonyl (C=O) groups excluding carboxylic acids is 2. The van der Waals surface area contributed by atoms with Crippen molar-refractivity contribution in [2.24, 2.45) is 5.73 Å². The summed E-state index contributed by atoms with van der Waals surface area (Å²) in [5.74, 6) is -0.808. The number of unbranched alkanes of at least 4 members (excludes halogenated alkanes) is 47. The predicted molar refractivity (Wildman–Crippen MR) is 367 cm³/mol. The number of phosphoric ester groups is 1. The first-order valence-corrected chi connectivity index (χ1v) is 38.3. The molecule has 0 saturated carbocycles. The largest absolute Gasteiger partial charge is 0.472 e. The standard InChI is InChI=1S/C75H140NO8P/c1-3-5-7-9-11-13-15-17-19-21-23-25-27-28-29-30-31-32-33-34-35-36-37-38-39-40-41-42-43-44-46-48-50-52-54-56-58-60-62-64-66-68-75(78)84-73(72-83-85(79,80)82-70-69-76)71-81-74(77)67-65-63-61-59-57-55-53-51-49-47-45-26-24-22-20-18-16-14-12-10-8-6-4-2/h5,7,11,13,17,19,22-25,73H,3-4,6,8-10,12,14-16,18,20-21,26-72,76H2,1-2H3,(H,79,80)/b7-5-,13-11-,19-17-,24-22-,25-23-. The minimum absolute atomic E-state index is 0.0552. The number of rotatable bonds is 70. The summed E-state index contributed by atoms with van der Waals surface area (Å²) in [7, 11) is -4.39. The first-order valence-electron chi connectivity index (χ1n) is 36.8. The first-order chi connectivity index (χ1) is 41.8. The highest BCUT2D eigenvalue weighted by Crippen LogP contribution is 2.43. The third-order valence-corrected chi connectivity index (χ3v) is 17.4. The zero-order valence-electron chi connectivity index (χ0n) is 56.1. The number of hydrogen-bond donors (Lipinski definition) is 2. The molecule has 2 atom stereocenters. The van der Waals surface area contributed by atoms with Crippen LogP contribution in [0.15, 0.2) is 60.8 Å². The third-order valence-electron chi connectivity index (χ3n) is 16.4. The third kappa shape index (κ3) is 70.7. The second-order valence-corrected chi connectivity index (χ2v) is 26.2. The summed E-state index contributed by atoms with van der Waals surface area (Å²) in [4.78, 5) is 35.4. The molecule has 9 nitrogen and oxygen atoms in total. The summed E-state index contributed by atoms with van der Waals surface area (Å²) in [6.07, 6.45) is 92.0. The smallest absolute Gasteiger partial charge is 0.462 e. The van der Waals surface area contributed by atoms with Gasteiger partial charge in [0.25, 0.3) is 0 Å². The maximum atomic E-state index is 12.8. The number of phosphoric acid groups is 1.